The first kappa shape index (κ1) is 25.2. The van der Waals surface area contributed by atoms with Gasteiger partial charge in [0.1, 0.15) is 6.54 Å². The minimum atomic E-state index is -0.148. The van der Waals surface area contributed by atoms with Gasteiger partial charge in [-0.05, 0) is 50.8 Å². The maximum absolute atomic E-state index is 12.3. The van der Waals surface area contributed by atoms with Crippen molar-refractivity contribution >= 4 is 47.5 Å². The highest BCUT2D eigenvalue weighted by atomic mass is 127. The number of nitrogens with one attached hydrogen (secondary N) is 2. The molecule has 2 N–H and O–H groups in total. The quantitative estimate of drug-likeness (QED) is 0.252. The van der Waals surface area contributed by atoms with E-state index in [0.29, 0.717) is 12.6 Å². The van der Waals surface area contributed by atoms with E-state index in [-0.39, 0.29) is 48.3 Å². The average molecular weight is 516 g/mol. The van der Waals surface area contributed by atoms with E-state index < -0.39 is 0 Å². The Hall–Kier alpha value is -1.84. The predicted octanol–water partition coefficient (Wildman–Crippen LogP) is 3.05. The number of esters is 1. The van der Waals surface area contributed by atoms with Crippen LogP contribution in [0.1, 0.15) is 39.2 Å². The van der Waals surface area contributed by atoms with E-state index in [2.05, 4.69) is 27.4 Å². The molecular formula is C21H33IN4O3. The van der Waals surface area contributed by atoms with Crippen molar-refractivity contribution in [3.8, 4) is 0 Å². The normalized spacial score (nSPS) is 14.7. The Morgan fingerprint density at radius 2 is 1.93 bits per heavy atom. The Morgan fingerprint density at radius 3 is 2.55 bits per heavy atom. The van der Waals surface area contributed by atoms with E-state index in [9.17, 15) is 9.59 Å². The molecule has 7 nitrogen and oxygen atoms in total. The lowest BCUT2D eigenvalue weighted by Crippen LogP contribution is -2.47. The fraction of sp³-hybridized carbons (Fsp3) is 0.571. The highest BCUT2D eigenvalue weighted by Crippen LogP contribution is 2.19. The minimum Gasteiger partial charge on any atom is -0.466 e. The number of halogens is 1. The van der Waals surface area contributed by atoms with Crippen molar-refractivity contribution in [1.82, 2.24) is 10.2 Å². The highest BCUT2D eigenvalue weighted by Gasteiger charge is 2.27. The zero-order chi connectivity index (χ0) is 20.4. The first-order chi connectivity index (χ1) is 13.6. The van der Waals surface area contributed by atoms with Crippen LogP contribution in [0.5, 0.6) is 0 Å². The number of aryl methyl sites for hydroxylation is 1. The zero-order valence-electron chi connectivity index (χ0n) is 17.6. The molecule has 0 spiro atoms. The van der Waals surface area contributed by atoms with E-state index in [4.69, 9.17) is 4.74 Å². The lowest BCUT2D eigenvalue weighted by molar-refractivity contribution is -0.149. The number of piperidine rings is 1. The van der Waals surface area contributed by atoms with Crippen molar-refractivity contribution in [1.29, 1.82) is 0 Å². The third-order valence-electron chi connectivity index (χ3n) is 4.74. The number of ether oxygens (including phenoxy) is 1. The molecule has 0 bridgehead atoms. The van der Waals surface area contributed by atoms with Gasteiger partial charge in [-0.15, -0.1) is 24.0 Å². The monoisotopic (exact) mass is 516 g/mol. The van der Waals surface area contributed by atoms with Gasteiger partial charge in [-0.1, -0.05) is 19.1 Å². The van der Waals surface area contributed by atoms with Crippen molar-refractivity contribution in [2.24, 2.45) is 10.9 Å². The second-order valence-electron chi connectivity index (χ2n) is 6.79. The lowest BCUT2D eigenvalue weighted by atomic mass is 9.97. The molecule has 0 radical (unpaired) electrons. The summed E-state index contributed by atoms with van der Waals surface area (Å²) in [6.07, 6.45) is 2.40. The average Bonchev–Trinajstić information content (AvgIpc) is 2.71. The summed E-state index contributed by atoms with van der Waals surface area (Å²) in [4.78, 5) is 30.8. The molecule has 1 aromatic rings. The van der Waals surface area contributed by atoms with Crippen LogP contribution in [0.2, 0.25) is 0 Å². The lowest BCUT2D eigenvalue weighted by Gasteiger charge is -2.33. The summed E-state index contributed by atoms with van der Waals surface area (Å²) in [5.41, 5.74) is 1.97. The van der Waals surface area contributed by atoms with Crippen molar-refractivity contribution in [3.63, 3.8) is 0 Å². The molecule has 1 aliphatic rings. The van der Waals surface area contributed by atoms with E-state index in [0.717, 1.165) is 44.6 Å². The Morgan fingerprint density at radius 1 is 1.21 bits per heavy atom. The molecular weight excluding hydrogens is 483 g/mol. The molecule has 1 heterocycles. The van der Waals surface area contributed by atoms with Crippen molar-refractivity contribution in [2.75, 3.05) is 38.1 Å². The summed E-state index contributed by atoms with van der Waals surface area (Å²) >= 11 is 0. The Balaban J connectivity index is 0.00000420. The molecule has 8 heteroatoms. The van der Waals surface area contributed by atoms with Crippen LogP contribution in [0.3, 0.4) is 0 Å². The molecule has 0 aliphatic carbocycles. The number of guanidine groups is 1. The van der Waals surface area contributed by atoms with Gasteiger partial charge in [-0.25, -0.2) is 4.99 Å². The van der Waals surface area contributed by atoms with Gasteiger partial charge >= 0.3 is 5.97 Å². The number of hydrogen-bond acceptors (Lipinski definition) is 4. The number of likely N-dealkylation sites (tertiary alicyclic amines) is 1. The maximum Gasteiger partial charge on any atom is 0.309 e. The van der Waals surface area contributed by atoms with Gasteiger partial charge in [0.15, 0.2) is 5.96 Å². The van der Waals surface area contributed by atoms with E-state index in [1.54, 1.807) is 0 Å². The number of benzene rings is 1. The third-order valence-corrected chi connectivity index (χ3v) is 4.74. The zero-order valence-corrected chi connectivity index (χ0v) is 19.9. The number of rotatable bonds is 7. The van der Waals surface area contributed by atoms with Crippen molar-refractivity contribution in [3.05, 3.63) is 29.8 Å². The highest BCUT2D eigenvalue weighted by molar-refractivity contribution is 14.0. The predicted molar refractivity (Wildman–Crippen MR) is 127 cm³/mol. The molecule has 1 fully saturated rings. The topological polar surface area (TPSA) is 83.0 Å². The number of carbonyl (C=O) groups excluding carboxylic acids is 2. The van der Waals surface area contributed by atoms with Crippen LogP contribution >= 0.6 is 24.0 Å². The number of hydrogen-bond donors (Lipinski definition) is 2. The molecule has 2 rings (SSSR count). The number of anilines is 1. The van der Waals surface area contributed by atoms with Crippen LogP contribution in [0.4, 0.5) is 5.69 Å². The minimum absolute atomic E-state index is 0. The smallest absolute Gasteiger partial charge is 0.309 e. The summed E-state index contributed by atoms with van der Waals surface area (Å²) in [6.45, 7) is 8.53. The van der Waals surface area contributed by atoms with Crippen LogP contribution in [0.15, 0.2) is 29.3 Å². The fourth-order valence-corrected chi connectivity index (χ4v) is 3.23. The van der Waals surface area contributed by atoms with Crippen molar-refractivity contribution in [2.45, 2.75) is 40.0 Å². The molecule has 162 valence electrons. The molecule has 1 aromatic carbocycles. The summed E-state index contributed by atoms with van der Waals surface area (Å²) in [5, 5.41) is 6.14. The summed E-state index contributed by atoms with van der Waals surface area (Å²) in [7, 11) is 0. The fourth-order valence-electron chi connectivity index (χ4n) is 3.23. The Bertz CT molecular complexity index is 688. The first-order valence-electron chi connectivity index (χ1n) is 10.2. The van der Waals surface area contributed by atoms with Crippen LogP contribution in [0.25, 0.3) is 0 Å². The van der Waals surface area contributed by atoms with Gasteiger partial charge in [0.05, 0.1) is 12.5 Å². The van der Waals surface area contributed by atoms with Gasteiger partial charge in [-0.3, -0.25) is 9.59 Å². The number of carbonyl (C=O) groups is 2. The van der Waals surface area contributed by atoms with Gasteiger partial charge < -0.3 is 20.3 Å². The molecule has 1 amide bonds. The van der Waals surface area contributed by atoms with Gasteiger partial charge in [0.2, 0.25) is 5.91 Å². The van der Waals surface area contributed by atoms with Gasteiger partial charge in [0, 0.05) is 25.3 Å². The number of aliphatic imine (C=N–C) groups is 1. The molecule has 1 saturated heterocycles. The molecule has 1 aliphatic heterocycles. The molecule has 0 aromatic heterocycles. The standard InChI is InChI=1S/C21H32N4O3.HI/c1-4-16-8-7-9-18(14-16)24-19(26)15-23-21(22-5-2)25-12-10-17(11-13-25)20(27)28-6-3;/h7-9,14,17H,4-6,10-13,15H2,1-3H3,(H,22,23)(H,24,26);1H. The summed E-state index contributed by atoms with van der Waals surface area (Å²) in [6, 6.07) is 7.84. The van der Waals surface area contributed by atoms with Crippen LogP contribution < -0.4 is 10.6 Å². The maximum atomic E-state index is 12.3. The van der Waals surface area contributed by atoms with Crippen LogP contribution in [-0.4, -0.2) is 55.5 Å². The number of amides is 1. The Labute approximate surface area is 190 Å². The SMILES string of the molecule is CCNC(=NCC(=O)Nc1cccc(CC)c1)N1CCC(C(=O)OCC)CC1.I. The van der Waals surface area contributed by atoms with Gasteiger partial charge in [0.25, 0.3) is 0 Å². The molecule has 0 saturated carbocycles. The molecule has 29 heavy (non-hydrogen) atoms. The van der Waals surface area contributed by atoms with Crippen LogP contribution in [-0.2, 0) is 20.7 Å². The molecule has 0 atom stereocenters. The summed E-state index contributed by atoms with van der Waals surface area (Å²) in [5.74, 6) is 0.401. The Kier molecular flexibility index (Phi) is 11.6. The van der Waals surface area contributed by atoms with E-state index >= 15 is 0 Å². The number of nitrogens with zero attached hydrogens (tertiary/aromatic N) is 2. The second kappa shape index (κ2) is 13.4. The third kappa shape index (κ3) is 8.20. The largest absolute Gasteiger partial charge is 0.466 e. The molecule has 0 unspecified atom stereocenters. The van der Waals surface area contributed by atoms with Gasteiger partial charge in [-0.2, -0.15) is 0 Å². The second-order valence-corrected chi connectivity index (χ2v) is 6.79. The van der Waals surface area contributed by atoms with Crippen LogP contribution in [0, 0.1) is 5.92 Å². The van der Waals surface area contributed by atoms with E-state index in [1.807, 2.05) is 38.1 Å². The first-order valence-corrected chi connectivity index (χ1v) is 10.2. The summed E-state index contributed by atoms with van der Waals surface area (Å²) < 4.78 is 5.12. The van der Waals surface area contributed by atoms with Crippen molar-refractivity contribution < 1.29 is 14.3 Å². The van der Waals surface area contributed by atoms with E-state index in [1.165, 1.54) is 5.56 Å².